The van der Waals surface area contributed by atoms with Gasteiger partial charge in [-0.25, -0.2) is 15.4 Å². The topological polar surface area (TPSA) is 105 Å². The van der Waals surface area contributed by atoms with E-state index in [0.717, 1.165) is 12.0 Å². The van der Waals surface area contributed by atoms with Gasteiger partial charge >= 0.3 is 5.69 Å². The molecule has 2 aromatic rings. The third-order valence-corrected chi connectivity index (χ3v) is 3.11. The van der Waals surface area contributed by atoms with Crippen molar-refractivity contribution >= 4 is 17.3 Å². The highest BCUT2D eigenvalue weighted by molar-refractivity contribution is 5.68. The lowest BCUT2D eigenvalue weighted by molar-refractivity contribution is -0.383. The van der Waals surface area contributed by atoms with E-state index in [-0.39, 0.29) is 22.9 Å². The normalized spacial score (nSPS) is 11.1. The molecule has 0 aliphatic heterocycles. The predicted octanol–water partition coefficient (Wildman–Crippen LogP) is 2.75. The minimum absolute atomic E-state index is 0.132. The Kier molecular flexibility index (Phi) is 5.64. The first-order valence-corrected chi connectivity index (χ1v) is 7.67. The largest absolute Gasteiger partial charge is 0.364 e. The molecule has 0 bridgehead atoms. The van der Waals surface area contributed by atoms with Gasteiger partial charge in [0.2, 0.25) is 11.6 Å². The van der Waals surface area contributed by atoms with Crippen molar-refractivity contribution in [3.63, 3.8) is 0 Å². The molecule has 8 nitrogen and oxygen atoms in total. The van der Waals surface area contributed by atoms with Crippen molar-refractivity contribution in [3.8, 4) is 0 Å². The van der Waals surface area contributed by atoms with Gasteiger partial charge in [0.15, 0.2) is 0 Å². The van der Waals surface area contributed by atoms with Crippen LogP contribution in [-0.2, 0) is 6.42 Å². The zero-order valence-corrected chi connectivity index (χ0v) is 14.0. The van der Waals surface area contributed by atoms with Gasteiger partial charge in [-0.2, -0.15) is 0 Å². The summed E-state index contributed by atoms with van der Waals surface area (Å²) in [6, 6.07) is 9.89. The Hall–Kier alpha value is -2.74. The molecule has 0 spiro atoms. The van der Waals surface area contributed by atoms with Crippen molar-refractivity contribution in [1.29, 1.82) is 0 Å². The second-order valence-corrected chi connectivity index (χ2v) is 6.34. The Morgan fingerprint density at radius 2 is 1.79 bits per heavy atom. The molecule has 128 valence electrons. The summed E-state index contributed by atoms with van der Waals surface area (Å²) < 4.78 is 0. The number of benzene rings is 1. The maximum absolute atomic E-state index is 11.4. The van der Waals surface area contributed by atoms with E-state index in [1.54, 1.807) is 0 Å². The lowest BCUT2D eigenvalue weighted by Gasteiger charge is -2.21. The van der Waals surface area contributed by atoms with Gasteiger partial charge in [0.05, 0.1) is 4.92 Å². The number of hydrogen-bond acceptors (Lipinski definition) is 7. The molecular weight excluding hydrogens is 308 g/mol. The summed E-state index contributed by atoms with van der Waals surface area (Å²) >= 11 is 0. The fraction of sp³-hybridized carbons (Fsp3) is 0.375. The second-order valence-electron chi connectivity index (χ2n) is 6.34. The van der Waals surface area contributed by atoms with E-state index >= 15 is 0 Å². The van der Waals surface area contributed by atoms with E-state index in [4.69, 9.17) is 0 Å². The van der Waals surface area contributed by atoms with E-state index in [1.807, 2.05) is 51.1 Å². The van der Waals surface area contributed by atoms with Crippen LogP contribution in [0.5, 0.6) is 0 Å². The first kappa shape index (κ1) is 17.6. The zero-order valence-electron chi connectivity index (χ0n) is 14.0. The van der Waals surface area contributed by atoms with Crippen LogP contribution < -0.4 is 16.2 Å². The van der Waals surface area contributed by atoms with Crippen molar-refractivity contribution < 1.29 is 4.92 Å². The van der Waals surface area contributed by atoms with Crippen LogP contribution in [0.4, 0.5) is 17.3 Å². The van der Waals surface area contributed by atoms with Crippen LogP contribution in [0.2, 0.25) is 0 Å². The lowest BCUT2D eigenvalue weighted by Crippen LogP contribution is -2.40. The standard InChI is InChI=1S/C16H22N6O2/c1-16(2,3)21-20-15-13(22(23)24)14(18-11-19-15)17-10-9-12-7-5-4-6-8-12/h4-8,11,21H,9-10H2,1-3H3,(H2,17,18,19,20). The summed E-state index contributed by atoms with van der Waals surface area (Å²) in [7, 11) is 0. The summed E-state index contributed by atoms with van der Waals surface area (Å²) in [5.41, 5.74) is 6.48. The van der Waals surface area contributed by atoms with Gasteiger partial charge in [0.25, 0.3) is 0 Å². The van der Waals surface area contributed by atoms with Gasteiger partial charge in [-0.3, -0.25) is 15.5 Å². The van der Waals surface area contributed by atoms with E-state index < -0.39 is 4.92 Å². The van der Waals surface area contributed by atoms with E-state index in [1.165, 1.54) is 6.33 Å². The molecule has 24 heavy (non-hydrogen) atoms. The summed E-state index contributed by atoms with van der Waals surface area (Å²) in [4.78, 5) is 18.9. The monoisotopic (exact) mass is 330 g/mol. The second kappa shape index (κ2) is 7.69. The number of nitrogens with zero attached hydrogens (tertiary/aromatic N) is 3. The van der Waals surface area contributed by atoms with Crippen LogP contribution in [0.1, 0.15) is 26.3 Å². The molecule has 0 radical (unpaired) electrons. The SMILES string of the molecule is CC(C)(C)NNc1ncnc(NCCc2ccccc2)c1[N+](=O)[O-]. The van der Waals surface area contributed by atoms with Gasteiger partial charge in [0.1, 0.15) is 6.33 Å². The van der Waals surface area contributed by atoms with Gasteiger partial charge < -0.3 is 5.32 Å². The molecule has 3 N–H and O–H groups in total. The number of nitro groups is 1. The Labute approximate surface area is 140 Å². The quantitative estimate of drug-likeness (QED) is 0.529. The van der Waals surface area contributed by atoms with Crippen molar-refractivity contribution in [2.45, 2.75) is 32.7 Å². The smallest absolute Gasteiger partial charge is 0.354 e. The molecule has 0 amide bonds. The van der Waals surface area contributed by atoms with Gasteiger partial charge in [-0.15, -0.1) is 0 Å². The zero-order chi connectivity index (χ0) is 17.6. The van der Waals surface area contributed by atoms with E-state index in [2.05, 4.69) is 26.1 Å². The Balaban J connectivity index is 2.09. The van der Waals surface area contributed by atoms with Crippen LogP contribution in [-0.4, -0.2) is 27.0 Å². The van der Waals surface area contributed by atoms with Crippen LogP contribution in [0.15, 0.2) is 36.7 Å². The molecule has 0 atom stereocenters. The highest BCUT2D eigenvalue weighted by atomic mass is 16.6. The Morgan fingerprint density at radius 1 is 1.12 bits per heavy atom. The number of hydrazine groups is 1. The molecule has 0 saturated heterocycles. The molecule has 0 unspecified atom stereocenters. The van der Waals surface area contributed by atoms with Crippen LogP contribution >= 0.6 is 0 Å². The highest BCUT2D eigenvalue weighted by Crippen LogP contribution is 2.28. The molecule has 1 aromatic carbocycles. The van der Waals surface area contributed by atoms with Gasteiger partial charge in [-0.05, 0) is 32.8 Å². The van der Waals surface area contributed by atoms with Crippen LogP contribution in [0, 0.1) is 10.1 Å². The van der Waals surface area contributed by atoms with Crippen molar-refractivity contribution in [1.82, 2.24) is 15.4 Å². The fourth-order valence-electron chi connectivity index (χ4n) is 1.99. The highest BCUT2D eigenvalue weighted by Gasteiger charge is 2.23. The number of rotatable bonds is 7. The molecule has 0 saturated carbocycles. The number of anilines is 2. The average Bonchev–Trinajstić information content (AvgIpc) is 2.53. The number of hydrogen-bond donors (Lipinski definition) is 3. The maximum Gasteiger partial charge on any atom is 0.354 e. The first-order valence-electron chi connectivity index (χ1n) is 7.67. The third-order valence-electron chi connectivity index (χ3n) is 3.11. The predicted molar refractivity (Wildman–Crippen MR) is 93.8 cm³/mol. The fourth-order valence-corrected chi connectivity index (χ4v) is 1.99. The third kappa shape index (κ3) is 5.17. The molecule has 0 fully saturated rings. The Bertz CT molecular complexity index is 685. The first-order chi connectivity index (χ1) is 11.4. The van der Waals surface area contributed by atoms with E-state index in [0.29, 0.717) is 6.54 Å². The average molecular weight is 330 g/mol. The van der Waals surface area contributed by atoms with Crippen LogP contribution in [0.3, 0.4) is 0 Å². The van der Waals surface area contributed by atoms with Gasteiger partial charge in [-0.1, -0.05) is 30.3 Å². The lowest BCUT2D eigenvalue weighted by atomic mass is 10.1. The maximum atomic E-state index is 11.4. The van der Waals surface area contributed by atoms with E-state index in [9.17, 15) is 10.1 Å². The minimum Gasteiger partial charge on any atom is -0.364 e. The summed E-state index contributed by atoms with van der Waals surface area (Å²) in [5, 5.41) is 14.4. The molecule has 8 heteroatoms. The van der Waals surface area contributed by atoms with Crippen molar-refractivity contribution in [2.24, 2.45) is 0 Å². The number of nitrogens with one attached hydrogen (secondary N) is 3. The molecule has 0 aliphatic carbocycles. The number of aromatic nitrogens is 2. The Morgan fingerprint density at radius 3 is 2.42 bits per heavy atom. The van der Waals surface area contributed by atoms with Crippen molar-refractivity contribution in [2.75, 3.05) is 17.3 Å². The molecular formula is C16H22N6O2. The summed E-state index contributed by atoms with van der Waals surface area (Å²) in [5.74, 6) is 0.330. The van der Waals surface area contributed by atoms with Crippen LogP contribution in [0.25, 0.3) is 0 Å². The molecule has 2 rings (SSSR count). The molecule has 1 heterocycles. The molecule has 0 aliphatic rings. The van der Waals surface area contributed by atoms with Crippen molar-refractivity contribution in [3.05, 3.63) is 52.3 Å². The van der Waals surface area contributed by atoms with Gasteiger partial charge in [0, 0.05) is 12.1 Å². The summed E-state index contributed by atoms with van der Waals surface area (Å²) in [6.45, 7) is 6.35. The summed E-state index contributed by atoms with van der Waals surface area (Å²) in [6.07, 6.45) is 2.04. The molecule has 1 aromatic heterocycles. The minimum atomic E-state index is -0.489.